The van der Waals surface area contributed by atoms with E-state index in [1.807, 2.05) is 13.8 Å². The number of aromatic nitrogens is 2. The molecule has 0 aromatic carbocycles. The van der Waals surface area contributed by atoms with E-state index in [1.54, 1.807) is 0 Å². The molecule has 1 fully saturated rings. The highest BCUT2D eigenvalue weighted by Gasteiger charge is 2.17. The van der Waals surface area contributed by atoms with Crippen molar-refractivity contribution in [3.8, 4) is 0 Å². The molecule has 2 heterocycles. The summed E-state index contributed by atoms with van der Waals surface area (Å²) in [6, 6.07) is 0.379. The molecule has 1 unspecified atom stereocenters. The number of rotatable bonds is 3. The lowest BCUT2D eigenvalue weighted by atomic mass is 10.2. The first-order chi connectivity index (χ1) is 8.09. The zero-order chi connectivity index (χ0) is 12.4. The first kappa shape index (κ1) is 12.4. The summed E-state index contributed by atoms with van der Waals surface area (Å²) in [7, 11) is 0. The van der Waals surface area contributed by atoms with Crippen molar-refractivity contribution in [3.63, 3.8) is 0 Å². The molecule has 0 saturated carbocycles. The van der Waals surface area contributed by atoms with Crippen molar-refractivity contribution in [2.45, 2.75) is 26.8 Å². The molecule has 5 heteroatoms. The molecule has 1 aliphatic rings. The van der Waals surface area contributed by atoms with Gasteiger partial charge >= 0.3 is 0 Å². The number of nitrogens with two attached hydrogens (primary N) is 1. The van der Waals surface area contributed by atoms with Crippen LogP contribution in [0.4, 0.5) is 5.69 Å². The van der Waals surface area contributed by atoms with E-state index in [4.69, 9.17) is 5.73 Å². The van der Waals surface area contributed by atoms with E-state index >= 15 is 0 Å². The van der Waals surface area contributed by atoms with Crippen LogP contribution in [-0.2, 0) is 0 Å². The number of nitrogens with one attached hydrogen (secondary N) is 1. The first-order valence-corrected chi connectivity index (χ1v) is 6.34. The third kappa shape index (κ3) is 2.61. The van der Waals surface area contributed by atoms with Gasteiger partial charge in [-0.1, -0.05) is 0 Å². The molecule has 1 aliphatic heterocycles. The van der Waals surface area contributed by atoms with Crippen molar-refractivity contribution in [2.24, 2.45) is 0 Å². The van der Waals surface area contributed by atoms with Crippen molar-refractivity contribution >= 4 is 5.69 Å². The van der Waals surface area contributed by atoms with Gasteiger partial charge in [-0.25, -0.2) is 0 Å². The number of anilines is 1. The number of nitrogen functional groups attached to an aromatic ring is 1. The molecule has 0 bridgehead atoms. The maximum atomic E-state index is 5.97. The van der Waals surface area contributed by atoms with Crippen LogP contribution in [0.2, 0.25) is 0 Å². The lowest BCUT2D eigenvalue weighted by molar-refractivity contribution is 0.206. The third-order valence-electron chi connectivity index (χ3n) is 3.53. The minimum Gasteiger partial charge on any atom is -0.396 e. The molecule has 2 rings (SSSR count). The van der Waals surface area contributed by atoms with Crippen LogP contribution in [0.3, 0.4) is 0 Å². The molecule has 1 saturated heterocycles. The van der Waals surface area contributed by atoms with E-state index in [1.165, 1.54) is 0 Å². The van der Waals surface area contributed by atoms with Crippen molar-refractivity contribution in [3.05, 3.63) is 11.4 Å². The summed E-state index contributed by atoms with van der Waals surface area (Å²) in [5.74, 6) is 0. The second-order valence-electron chi connectivity index (χ2n) is 4.93. The molecule has 1 atom stereocenters. The van der Waals surface area contributed by atoms with Gasteiger partial charge in [0.25, 0.3) is 0 Å². The van der Waals surface area contributed by atoms with Crippen molar-refractivity contribution in [1.82, 2.24) is 20.0 Å². The Morgan fingerprint density at radius 3 is 2.53 bits per heavy atom. The quantitative estimate of drug-likeness (QED) is 0.806. The highest BCUT2D eigenvalue weighted by Crippen LogP contribution is 2.19. The van der Waals surface area contributed by atoms with Crippen LogP contribution in [0.25, 0.3) is 0 Å². The Kier molecular flexibility index (Phi) is 3.69. The smallest absolute Gasteiger partial charge is 0.0826 e. The second-order valence-corrected chi connectivity index (χ2v) is 4.93. The van der Waals surface area contributed by atoms with Crippen LogP contribution in [0.15, 0.2) is 0 Å². The van der Waals surface area contributed by atoms with Crippen molar-refractivity contribution in [2.75, 3.05) is 38.5 Å². The molecular weight excluding hydrogens is 214 g/mol. The van der Waals surface area contributed by atoms with Crippen LogP contribution >= 0.6 is 0 Å². The van der Waals surface area contributed by atoms with E-state index in [2.05, 4.69) is 26.9 Å². The Balaban J connectivity index is 2.03. The van der Waals surface area contributed by atoms with E-state index < -0.39 is 0 Å². The van der Waals surface area contributed by atoms with Crippen LogP contribution in [0.1, 0.15) is 24.4 Å². The highest BCUT2D eigenvalue weighted by molar-refractivity contribution is 5.46. The predicted octanol–water partition coefficient (Wildman–Crippen LogP) is 0.548. The number of nitrogens with zero attached hydrogens (tertiary/aromatic N) is 3. The van der Waals surface area contributed by atoms with E-state index in [0.29, 0.717) is 6.04 Å². The van der Waals surface area contributed by atoms with Crippen molar-refractivity contribution < 1.29 is 0 Å². The predicted molar refractivity (Wildman–Crippen MR) is 70.1 cm³/mol. The molecule has 17 heavy (non-hydrogen) atoms. The monoisotopic (exact) mass is 237 g/mol. The van der Waals surface area contributed by atoms with Gasteiger partial charge in [0.05, 0.1) is 23.1 Å². The van der Waals surface area contributed by atoms with Crippen LogP contribution in [0.5, 0.6) is 0 Å². The van der Waals surface area contributed by atoms with Gasteiger partial charge < -0.3 is 11.1 Å². The molecule has 1 aromatic rings. The number of piperazine rings is 1. The maximum Gasteiger partial charge on any atom is 0.0826 e. The van der Waals surface area contributed by atoms with Gasteiger partial charge in [0.1, 0.15) is 0 Å². The van der Waals surface area contributed by atoms with Crippen molar-refractivity contribution in [1.29, 1.82) is 0 Å². The van der Waals surface area contributed by atoms with Crippen LogP contribution in [0, 0.1) is 13.8 Å². The first-order valence-electron chi connectivity index (χ1n) is 6.34. The molecule has 0 radical (unpaired) electrons. The fourth-order valence-corrected chi connectivity index (χ4v) is 2.45. The Hall–Kier alpha value is -1.07. The number of hydrogen-bond acceptors (Lipinski definition) is 4. The van der Waals surface area contributed by atoms with Crippen LogP contribution < -0.4 is 11.1 Å². The Morgan fingerprint density at radius 1 is 1.35 bits per heavy atom. The topological polar surface area (TPSA) is 59.1 Å². The molecule has 1 aromatic heterocycles. The van der Waals surface area contributed by atoms with E-state index in [9.17, 15) is 0 Å². The zero-order valence-electron chi connectivity index (χ0n) is 11.0. The summed E-state index contributed by atoms with van der Waals surface area (Å²) >= 11 is 0. The average Bonchev–Trinajstić information content (AvgIpc) is 2.58. The maximum absolute atomic E-state index is 5.97. The Morgan fingerprint density at radius 2 is 2.00 bits per heavy atom. The molecule has 96 valence electrons. The van der Waals surface area contributed by atoms with E-state index in [0.717, 1.165) is 49.8 Å². The summed E-state index contributed by atoms with van der Waals surface area (Å²) in [6.07, 6.45) is 0. The second kappa shape index (κ2) is 5.06. The lowest BCUT2D eigenvalue weighted by Gasteiger charge is -2.30. The Labute approximate surface area is 103 Å². The minimum absolute atomic E-state index is 0.379. The summed E-state index contributed by atoms with van der Waals surface area (Å²) in [4.78, 5) is 2.48. The van der Waals surface area contributed by atoms with Gasteiger partial charge in [-0.15, -0.1) is 0 Å². The number of hydrogen-bond donors (Lipinski definition) is 2. The summed E-state index contributed by atoms with van der Waals surface area (Å²) in [5.41, 5.74) is 8.82. The fourth-order valence-electron chi connectivity index (χ4n) is 2.45. The lowest BCUT2D eigenvalue weighted by Crippen LogP contribution is -2.45. The molecule has 0 amide bonds. The molecule has 3 N–H and O–H groups in total. The number of aryl methyl sites for hydroxylation is 1. The normalized spacial score (nSPS) is 19.5. The van der Waals surface area contributed by atoms with Gasteiger partial charge in [-0.05, 0) is 20.8 Å². The molecule has 5 nitrogen and oxygen atoms in total. The van der Waals surface area contributed by atoms with Gasteiger partial charge in [-0.3, -0.25) is 9.58 Å². The van der Waals surface area contributed by atoms with Gasteiger partial charge in [0, 0.05) is 32.7 Å². The van der Waals surface area contributed by atoms with Gasteiger partial charge in [0.2, 0.25) is 0 Å². The summed E-state index contributed by atoms with van der Waals surface area (Å²) < 4.78 is 2.06. The highest BCUT2D eigenvalue weighted by atomic mass is 15.3. The third-order valence-corrected chi connectivity index (χ3v) is 3.53. The van der Waals surface area contributed by atoms with Gasteiger partial charge in [0.15, 0.2) is 0 Å². The average molecular weight is 237 g/mol. The SMILES string of the molecule is Cc1nn(C(C)CN2CCNCC2)c(C)c1N. The standard InChI is InChI=1S/C12H23N5/c1-9(8-16-6-4-14-5-7-16)17-11(3)12(13)10(2)15-17/h9,14H,4-8,13H2,1-3H3. The van der Waals surface area contributed by atoms with E-state index in [-0.39, 0.29) is 0 Å². The zero-order valence-corrected chi connectivity index (χ0v) is 11.0. The fraction of sp³-hybridized carbons (Fsp3) is 0.750. The molecular formula is C12H23N5. The largest absolute Gasteiger partial charge is 0.396 e. The minimum atomic E-state index is 0.379. The molecule has 0 spiro atoms. The summed E-state index contributed by atoms with van der Waals surface area (Å²) in [5, 5.41) is 7.89. The summed E-state index contributed by atoms with van der Waals surface area (Å²) in [6.45, 7) is 11.7. The van der Waals surface area contributed by atoms with Crippen LogP contribution in [-0.4, -0.2) is 47.4 Å². The van der Waals surface area contributed by atoms with Gasteiger partial charge in [-0.2, -0.15) is 5.10 Å². The Bertz CT molecular complexity index is 378. The molecule has 0 aliphatic carbocycles.